The summed E-state index contributed by atoms with van der Waals surface area (Å²) in [5.41, 5.74) is 0. The summed E-state index contributed by atoms with van der Waals surface area (Å²) >= 11 is 0. The highest BCUT2D eigenvalue weighted by Crippen LogP contribution is 2.14. The van der Waals surface area contributed by atoms with Crippen LogP contribution in [0.5, 0.6) is 0 Å². The third kappa shape index (κ3) is 4.96. The molecule has 0 aromatic rings. The van der Waals surface area contributed by atoms with Gasteiger partial charge in [-0.1, -0.05) is 0 Å². The Balaban J connectivity index is 4.23. The van der Waals surface area contributed by atoms with Crippen LogP contribution >= 0.6 is 0 Å². The van der Waals surface area contributed by atoms with Crippen molar-refractivity contribution < 1.29 is 34.8 Å². The SMILES string of the molecule is O=C(O)CCCC(C(=O)O)C(O)C(=O)O. The van der Waals surface area contributed by atoms with Crippen molar-refractivity contribution in [2.75, 3.05) is 0 Å². The molecule has 0 aliphatic heterocycles. The highest BCUT2D eigenvalue weighted by molar-refractivity contribution is 5.81. The lowest BCUT2D eigenvalue weighted by Crippen LogP contribution is -2.34. The summed E-state index contributed by atoms with van der Waals surface area (Å²) in [7, 11) is 0. The van der Waals surface area contributed by atoms with Crippen molar-refractivity contribution in [2.24, 2.45) is 5.92 Å². The lowest BCUT2D eigenvalue weighted by Gasteiger charge is -2.14. The summed E-state index contributed by atoms with van der Waals surface area (Å²) in [4.78, 5) is 31.0. The van der Waals surface area contributed by atoms with Crippen LogP contribution in [-0.2, 0) is 14.4 Å². The van der Waals surface area contributed by atoms with Gasteiger partial charge in [0, 0.05) is 6.42 Å². The average Bonchev–Trinajstić information content (AvgIpc) is 2.10. The minimum absolute atomic E-state index is 0.0106. The van der Waals surface area contributed by atoms with Crippen molar-refractivity contribution >= 4 is 17.9 Å². The Labute approximate surface area is 85.0 Å². The monoisotopic (exact) mass is 220 g/mol. The fourth-order valence-corrected chi connectivity index (χ4v) is 1.06. The highest BCUT2D eigenvalue weighted by Gasteiger charge is 2.31. The van der Waals surface area contributed by atoms with Gasteiger partial charge in [-0.15, -0.1) is 0 Å². The fourth-order valence-electron chi connectivity index (χ4n) is 1.06. The summed E-state index contributed by atoms with van der Waals surface area (Å²) in [6, 6.07) is 0. The molecule has 0 spiro atoms. The van der Waals surface area contributed by atoms with E-state index in [1.807, 2.05) is 0 Å². The first-order valence-corrected chi connectivity index (χ1v) is 4.21. The average molecular weight is 220 g/mol. The first-order valence-electron chi connectivity index (χ1n) is 4.21. The Morgan fingerprint density at radius 1 is 1.00 bits per heavy atom. The molecule has 0 saturated heterocycles. The number of aliphatic hydroxyl groups excluding tert-OH is 1. The largest absolute Gasteiger partial charge is 0.481 e. The second-order valence-corrected chi connectivity index (χ2v) is 3.01. The van der Waals surface area contributed by atoms with Crippen LogP contribution in [0.4, 0.5) is 0 Å². The van der Waals surface area contributed by atoms with Gasteiger partial charge in [0.1, 0.15) is 0 Å². The van der Waals surface area contributed by atoms with Gasteiger partial charge in [0.05, 0.1) is 5.92 Å². The van der Waals surface area contributed by atoms with Gasteiger partial charge in [-0.3, -0.25) is 9.59 Å². The quantitative estimate of drug-likeness (QED) is 0.449. The molecule has 86 valence electrons. The molecule has 0 amide bonds. The van der Waals surface area contributed by atoms with E-state index in [0.717, 1.165) is 0 Å². The van der Waals surface area contributed by atoms with E-state index in [2.05, 4.69) is 0 Å². The zero-order valence-electron chi connectivity index (χ0n) is 7.79. The van der Waals surface area contributed by atoms with Crippen LogP contribution in [-0.4, -0.2) is 44.4 Å². The van der Waals surface area contributed by atoms with Crippen molar-refractivity contribution in [3.05, 3.63) is 0 Å². The molecular formula is C8H12O7. The molecule has 0 saturated carbocycles. The van der Waals surface area contributed by atoms with Crippen LogP contribution in [0.1, 0.15) is 19.3 Å². The number of hydrogen-bond donors (Lipinski definition) is 4. The lowest BCUT2D eigenvalue weighted by molar-refractivity contribution is -0.159. The molecule has 2 unspecified atom stereocenters. The van der Waals surface area contributed by atoms with E-state index < -0.39 is 29.9 Å². The number of carbonyl (C=O) groups is 3. The zero-order valence-corrected chi connectivity index (χ0v) is 7.79. The molecule has 4 N–H and O–H groups in total. The number of aliphatic carboxylic acids is 3. The maximum atomic E-state index is 10.6. The van der Waals surface area contributed by atoms with Crippen LogP contribution in [0.15, 0.2) is 0 Å². The van der Waals surface area contributed by atoms with Gasteiger partial charge in [-0.05, 0) is 12.8 Å². The second kappa shape index (κ2) is 5.97. The van der Waals surface area contributed by atoms with Crippen LogP contribution in [0.25, 0.3) is 0 Å². The summed E-state index contributed by atoms with van der Waals surface area (Å²) in [6.07, 6.45) is -2.43. The molecule has 0 radical (unpaired) electrons. The summed E-state index contributed by atoms with van der Waals surface area (Å²) in [5, 5.41) is 34.2. The molecule has 15 heavy (non-hydrogen) atoms. The summed E-state index contributed by atoms with van der Waals surface area (Å²) < 4.78 is 0. The Morgan fingerprint density at radius 2 is 1.53 bits per heavy atom. The van der Waals surface area contributed by atoms with Crippen LogP contribution in [0.2, 0.25) is 0 Å². The number of hydrogen-bond acceptors (Lipinski definition) is 4. The molecule has 0 fully saturated rings. The van der Waals surface area contributed by atoms with E-state index >= 15 is 0 Å². The Bertz CT molecular complexity index is 260. The van der Waals surface area contributed by atoms with E-state index in [4.69, 9.17) is 20.4 Å². The number of rotatable bonds is 7. The second-order valence-electron chi connectivity index (χ2n) is 3.01. The van der Waals surface area contributed by atoms with E-state index in [-0.39, 0.29) is 19.3 Å². The highest BCUT2D eigenvalue weighted by atomic mass is 16.4. The van der Waals surface area contributed by atoms with Gasteiger partial charge in [0.15, 0.2) is 6.10 Å². The van der Waals surface area contributed by atoms with Crippen molar-refractivity contribution in [1.29, 1.82) is 0 Å². The molecule has 0 aromatic heterocycles. The number of carboxylic acid groups (broad SMARTS) is 3. The summed E-state index contributed by atoms with van der Waals surface area (Å²) in [5.74, 6) is -5.64. The minimum Gasteiger partial charge on any atom is -0.481 e. The molecule has 7 nitrogen and oxygen atoms in total. The molecule has 0 rings (SSSR count). The summed E-state index contributed by atoms with van der Waals surface area (Å²) in [6.45, 7) is 0. The lowest BCUT2D eigenvalue weighted by atomic mass is 9.96. The van der Waals surface area contributed by atoms with E-state index in [1.165, 1.54) is 0 Å². The minimum atomic E-state index is -2.00. The van der Waals surface area contributed by atoms with Gasteiger partial charge < -0.3 is 20.4 Å². The molecule has 0 aliphatic rings. The third-order valence-electron chi connectivity index (χ3n) is 1.86. The van der Waals surface area contributed by atoms with Crippen LogP contribution < -0.4 is 0 Å². The van der Waals surface area contributed by atoms with Gasteiger partial charge in [-0.25, -0.2) is 4.79 Å². The fraction of sp³-hybridized carbons (Fsp3) is 0.625. The molecule has 0 aliphatic carbocycles. The maximum absolute atomic E-state index is 10.6. The van der Waals surface area contributed by atoms with Crippen LogP contribution in [0.3, 0.4) is 0 Å². The van der Waals surface area contributed by atoms with Crippen LogP contribution in [0, 0.1) is 5.92 Å². The molecule has 0 bridgehead atoms. The molecular weight excluding hydrogens is 208 g/mol. The molecule has 2 atom stereocenters. The standard InChI is InChI=1S/C8H12O7/c9-5(10)3-1-2-4(7(12)13)6(11)8(14)15/h4,6,11H,1-3H2,(H,9,10)(H,12,13)(H,14,15). The van der Waals surface area contributed by atoms with Crippen molar-refractivity contribution in [2.45, 2.75) is 25.4 Å². The van der Waals surface area contributed by atoms with Crippen molar-refractivity contribution in [3.8, 4) is 0 Å². The van der Waals surface area contributed by atoms with Crippen molar-refractivity contribution in [1.82, 2.24) is 0 Å². The van der Waals surface area contributed by atoms with E-state index in [1.54, 1.807) is 0 Å². The van der Waals surface area contributed by atoms with Gasteiger partial charge >= 0.3 is 17.9 Å². The topological polar surface area (TPSA) is 132 Å². The number of aliphatic hydroxyl groups is 1. The third-order valence-corrected chi connectivity index (χ3v) is 1.86. The Hall–Kier alpha value is -1.63. The Morgan fingerprint density at radius 3 is 1.87 bits per heavy atom. The zero-order chi connectivity index (χ0) is 12.0. The predicted octanol–water partition coefficient (Wildman–Crippen LogP) is -0.612. The first kappa shape index (κ1) is 13.4. The Kier molecular flexibility index (Phi) is 5.32. The van der Waals surface area contributed by atoms with E-state index in [9.17, 15) is 14.4 Å². The number of carboxylic acids is 3. The first-order chi connectivity index (χ1) is 6.86. The molecule has 7 heteroatoms. The van der Waals surface area contributed by atoms with E-state index in [0.29, 0.717) is 0 Å². The smallest absolute Gasteiger partial charge is 0.333 e. The van der Waals surface area contributed by atoms with Gasteiger partial charge in [-0.2, -0.15) is 0 Å². The predicted molar refractivity (Wildman–Crippen MR) is 46.3 cm³/mol. The molecule has 0 heterocycles. The van der Waals surface area contributed by atoms with Gasteiger partial charge in [0.2, 0.25) is 0 Å². The molecule has 0 aromatic carbocycles. The van der Waals surface area contributed by atoms with Crippen molar-refractivity contribution in [3.63, 3.8) is 0 Å². The van der Waals surface area contributed by atoms with Gasteiger partial charge in [0.25, 0.3) is 0 Å². The normalized spacial score (nSPS) is 14.2. The maximum Gasteiger partial charge on any atom is 0.333 e.